The van der Waals surface area contributed by atoms with Crippen LogP contribution in [0.15, 0.2) is 48.7 Å². The van der Waals surface area contributed by atoms with Gasteiger partial charge < -0.3 is 5.32 Å². The van der Waals surface area contributed by atoms with Crippen LogP contribution in [0.5, 0.6) is 0 Å². The topological polar surface area (TPSA) is 57.8 Å². The molecular weight excluding hydrogens is 274 g/mol. The lowest BCUT2D eigenvalue weighted by atomic mass is 10.1. The lowest BCUT2D eigenvalue weighted by molar-refractivity contribution is -0.115. The lowest BCUT2D eigenvalue weighted by Crippen LogP contribution is -2.14. The van der Waals surface area contributed by atoms with Crippen molar-refractivity contribution in [3.8, 4) is 0 Å². The lowest BCUT2D eigenvalue weighted by Gasteiger charge is -2.06. The molecule has 5 heteroatoms. The molecule has 2 aromatic carbocycles. The van der Waals surface area contributed by atoms with Gasteiger partial charge in [-0.15, -0.1) is 0 Å². The summed E-state index contributed by atoms with van der Waals surface area (Å²) in [5, 5.41) is 11.2. The van der Waals surface area contributed by atoms with E-state index in [-0.39, 0.29) is 12.3 Å². The minimum absolute atomic E-state index is 0.0963. The average molecular weight is 286 g/mol. The number of fused-ring (bicyclic) bond motifs is 1. The molecule has 2 N–H and O–H groups in total. The molecule has 0 aliphatic rings. The zero-order chi connectivity index (χ0) is 13.9. The number of carbonyl (C=O) groups excluding carboxylic acids is 1. The van der Waals surface area contributed by atoms with Crippen LogP contribution in [0.2, 0.25) is 5.02 Å². The van der Waals surface area contributed by atoms with Gasteiger partial charge in [-0.2, -0.15) is 5.10 Å². The Hall–Kier alpha value is -2.33. The van der Waals surface area contributed by atoms with Crippen LogP contribution in [-0.2, 0) is 11.2 Å². The van der Waals surface area contributed by atoms with Crippen LogP contribution in [0.1, 0.15) is 5.56 Å². The molecule has 0 radical (unpaired) electrons. The third-order valence-corrected chi connectivity index (χ3v) is 3.40. The molecule has 20 heavy (non-hydrogen) atoms. The van der Waals surface area contributed by atoms with E-state index in [4.69, 9.17) is 11.6 Å². The summed E-state index contributed by atoms with van der Waals surface area (Å²) < 4.78 is 0. The quantitative estimate of drug-likeness (QED) is 0.775. The van der Waals surface area contributed by atoms with Crippen molar-refractivity contribution in [3.63, 3.8) is 0 Å². The van der Waals surface area contributed by atoms with Gasteiger partial charge in [0, 0.05) is 16.1 Å². The highest BCUT2D eigenvalue weighted by Gasteiger charge is 2.07. The summed E-state index contributed by atoms with van der Waals surface area (Å²) in [7, 11) is 0. The molecule has 1 aromatic heterocycles. The molecule has 0 aliphatic heterocycles. The number of hydrogen-bond donors (Lipinski definition) is 2. The molecule has 0 bridgehead atoms. The molecular formula is C15H12ClN3O. The van der Waals surface area contributed by atoms with E-state index >= 15 is 0 Å². The second-order valence-corrected chi connectivity index (χ2v) is 4.90. The van der Waals surface area contributed by atoms with Crippen molar-refractivity contribution in [2.45, 2.75) is 6.42 Å². The van der Waals surface area contributed by atoms with E-state index in [0.29, 0.717) is 5.02 Å². The highest BCUT2D eigenvalue weighted by molar-refractivity contribution is 6.31. The monoisotopic (exact) mass is 285 g/mol. The first-order valence-electron chi connectivity index (χ1n) is 6.19. The molecule has 0 saturated carbocycles. The number of anilines is 1. The Morgan fingerprint density at radius 3 is 2.95 bits per heavy atom. The summed E-state index contributed by atoms with van der Waals surface area (Å²) in [6.07, 6.45) is 1.97. The number of H-pyrrole nitrogens is 1. The number of benzene rings is 2. The SMILES string of the molecule is O=C(Cc1ccccc1Cl)Nc1ccc2[nH]ncc2c1. The smallest absolute Gasteiger partial charge is 0.228 e. The third-order valence-electron chi connectivity index (χ3n) is 3.03. The second-order valence-electron chi connectivity index (χ2n) is 4.49. The predicted octanol–water partition coefficient (Wildman–Crippen LogP) is 3.40. The Kier molecular flexibility index (Phi) is 3.39. The van der Waals surface area contributed by atoms with Crippen LogP contribution >= 0.6 is 11.6 Å². The van der Waals surface area contributed by atoms with Gasteiger partial charge in [0.2, 0.25) is 5.91 Å². The van der Waals surface area contributed by atoms with Gasteiger partial charge in [-0.1, -0.05) is 29.8 Å². The number of nitrogens with zero attached hydrogens (tertiary/aromatic N) is 1. The normalized spacial score (nSPS) is 10.7. The van der Waals surface area contributed by atoms with Gasteiger partial charge in [-0.3, -0.25) is 9.89 Å². The van der Waals surface area contributed by atoms with Crippen LogP contribution < -0.4 is 5.32 Å². The molecule has 0 aliphatic carbocycles. The highest BCUT2D eigenvalue weighted by atomic mass is 35.5. The summed E-state index contributed by atoms with van der Waals surface area (Å²) in [5.41, 5.74) is 2.50. The van der Waals surface area contributed by atoms with Crippen LogP contribution in [0.4, 0.5) is 5.69 Å². The van der Waals surface area contributed by atoms with Crippen LogP contribution in [0.3, 0.4) is 0 Å². The van der Waals surface area contributed by atoms with E-state index in [1.165, 1.54) is 0 Å². The fraction of sp³-hybridized carbons (Fsp3) is 0.0667. The van der Waals surface area contributed by atoms with E-state index in [1.807, 2.05) is 36.4 Å². The van der Waals surface area contributed by atoms with Crippen molar-refractivity contribution in [1.82, 2.24) is 10.2 Å². The summed E-state index contributed by atoms with van der Waals surface area (Å²) in [5.74, 6) is -0.0963. The number of rotatable bonds is 3. The van der Waals surface area contributed by atoms with Crippen LogP contribution in [0, 0.1) is 0 Å². The molecule has 0 spiro atoms. The largest absolute Gasteiger partial charge is 0.326 e. The molecule has 100 valence electrons. The van der Waals surface area contributed by atoms with E-state index in [9.17, 15) is 4.79 Å². The minimum Gasteiger partial charge on any atom is -0.326 e. The van der Waals surface area contributed by atoms with Crippen LogP contribution in [0.25, 0.3) is 10.9 Å². The van der Waals surface area contributed by atoms with Crippen LogP contribution in [-0.4, -0.2) is 16.1 Å². The van der Waals surface area contributed by atoms with Crippen molar-refractivity contribution in [2.24, 2.45) is 0 Å². The number of halogens is 1. The summed E-state index contributed by atoms with van der Waals surface area (Å²) in [4.78, 5) is 12.0. The van der Waals surface area contributed by atoms with Crippen molar-refractivity contribution in [1.29, 1.82) is 0 Å². The molecule has 1 heterocycles. The molecule has 0 fully saturated rings. The van der Waals surface area contributed by atoms with Crippen molar-refractivity contribution in [2.75, 3.05) is 5.32 Å². The summed E-state index contributed by atoms with van der Waals surface area (Å²) in [6, 6.07) is 12.9. The van der Waals surface area contributed by atoms with Crippen molar-refractivity contribution in [3.05, 3.63) is 59.2 Å². The van der Waals surface area contributed by atoms with Gasteiger partial charge >= 0.3 is 0 Å². The minimum atomic E-state index is -0.0963. The van der Waals surface area contributed by atoms with Crippen molar-refractivity contribution < 1.29 is 4.79 Å². The Bertz CT molecular complexity index is 766. The maximum absolute atomic E-state index is 12.0. The van der Waals surface area contributed by atoms with Gasteiger partial charge in [0.1, 0.15) is 0 Å². The standard InChI is InChI=1S/C15H12ClN3O/c16-13-4-2-1-3-10(13)8-15(20)18-12-5-6-14-11(7-12)9-17-19-14/h1-7,9H,8H2,(H,17,19)(H,18,20). The molecule has 4 nitrogen and oxygen atoms in total. The first-order valence-corrected chi connectivity index (χ1v) is 6.56. The average Bonchev–Trinajstić information content (AvgIpc) is 2.89. The number of hydrogen-bond acceptors (Lipinski definition) is 2. The Morgan fingerprint density at radius 2 is 2.10 bits per heavy atom. The number of nitrogens with one attached hydrogen (secondary N) is 2. The number of aromatic amines is 1. The zero-order valence-corrected chi connectivity index (χ0v) is 11.3. The predicted molar refractivity (Wildman–Crippen MR) is 79.9 cm³/mol. The molecule has 0 atom stereocenters. The second kappa shape index (κ2) is 5.35. The maximum Gasteiger partial charge on any atom is 0.228 e. The number of amides is 1. The zero-order valence-electron chi connectivity index (χ0n) is 10.6. The molecule has 3 aromatic rings. The molecule has 1 amide bonds. The van der Waals surface area contributed by atoms with E-state index < -0.39 is 0 Å². The molecule has 0 unspecified atom stereocenters. The van der Waals surface area contributed by atoms with E-state index in [1.54, 1.807) is 12.3 Å². The van der Waals surface area contributed by atoms with E-state index in [2.05, 4.69) is 15.5 Å². The Balaban J connectivity index is 1.74. The maximum atomic E-state index is 12.0. The summed E-state index contributed by atoms with van der Waals surface area (Å²) in [6.45, 7) is 0. The van der Waals surface area contributed by atoms with Gasteiger partial charge in [-0.25, -0.2) is 0 Å². The molecule has 0 saturated heterocycles. The van der Waals surface area contributed by atoms with Gasteiger partial charge in [0.25, 0.3) is 0 Å². The number of carbonyl (C=O) groups is 1. The van der Waals surface area contributed by atoms with Crippen molar-refractivity contribution >= 4 is 34.1 Å². The Labute approximate surface area is 120 Å². The van der Waals surface area contributed by atoms with Gasteiger partial charge in [-0.05, 0) is 29.8 Å². The van der Waals surface area contributed by atoms with Gasteiger partial charge in [0.05, 0.1) is 18.1 Å². The fourth-order valence-electron chi connectivity index (χ4n) is 2.04. The fourth-order valence-corrected chi connectivity index (χ4v) is 2.24. The number of aromatic nitrogens is 2. The first kappa shape index (κ1) is 12.7. The Morgan fingerprint density at radius 1 is 1.25 bits per heavy atom. The third kappa shape index (κ3) is 2.65. The highest BCUT2D eigenvalue weighted by Crippen LogP contribution is 2.18. The molecule has 3 rings (SSSR count). The first-order chi connectivity index (χ1) is 9.72. The van der Waals surface area contributed by atoms with Gasteiger partial charge in [0.15, 0.2) is 0 Å². The summed E-state index contributed by atoms with van der Waals surface area (Å²) >= 11 is 6.04. The van der Waals surface area contributed by atoms with E-state index in [0.717, 1.165) is 22.2 Å².